The van der Waals surface area contributed by atoms with Gasteiger partial charge < -0.3 is 9.64 Å². The van der Waals surface area contributed by atoms with Crippen LogP contribution < -0.4 is 4.74 Å². The molecule has 2 aromatic rings. The number of thiophene rings is 1. The van der Waals surface area contributed by atoms with Gasteiger partial charge in [0, 0.05) is 17.7 Å². The average molecular weight is 354 g/mol. The van der Waals surface area contributed by atoms with Gasteiger partial charge in [0.15, 0.2) is 5.75 Å². The number of piperidine rings is 1. The van der Waals surface area contributed by atoms with Crippen molar-refractivity contribution in [3.05, 3.63) is 22.2 Å². The first-order valence-corrected chi connectivity index (χ1v) is 9.45. The van der Waals surface area contributed by atoms with Crippen LogP contribution in [0.1, 0.15) is 29.5 Å². The van der Waals surface area contributed by atoms with Crippen LogP contribution in [-0.4, -0.2) is 35.9 Å². The first kappa shape index (κ1) is 16.5. The molecule has 1 spiro atoms. The maximum Gasteiger partial charge on any atom is 0.205 e. The van der Waals surface area contributed by atoms with E-state index in [1.165, 1.54) is 0 Å². The zero-order valence-corrected chi connectivity index (χ0v) is 15.8. The number of pyridine rings is 1. The van der Waals surface area contributed by atoms with Crippen molar-refractivity contribution in [2.24, 2.45) is 11.8 Å². The molecular weight excluding hydrogens is 332 g/mol. The summed E-state index contributed by atoms with van der Waals surface area (Å²) in [5, 5.41) is 19.3. The summed E-state index contributed by atoms with van der Waals surface area (Å²) >= 11 is 1.66. The summed E-state index contributed by atoms with van der Waals surface area (Å²) in [5.41, 5.74) is 1.76. The van der Waals surface area contributed by atoms with E-state index in [0.717, 1.165) is 51.6 Å². The van der Waals surface area contributed by atoms with Gasteiger partial charge in [0.1, 0.15) is 10.7 Å². The minimum atomic E-state index is -0.529. The average Bonchev–Trinajstić information content (AvgIpc) is 2.89. The molecule has 0 amide bonds. The summed E-state index contributed by atoms with van der Waals surface area (Å²) in [5.74, 6) is 0.607. The third-order valence-corrected chi connectivity index (χ3v) is 7.12. The van der Waals surface area contributed by atoms with E-state index < -0.39 is 5.92 Å². The van der Waals surface area contributed by atoms with E-state index in [9.17, 15) is 5.26 Å². The predicted molar refractivity (Wildman–Crippen MR) is 99.5 cm³/mol. The molecule has 0 bridgehead atoms. The van der Waals surface area contributed by atoms with Gasteiger partial charge in [-0.05, 0) is 51.4 Å². The molecule has 0 aromatic carbocycles. The Balaban J connectivity index is 2.04. The molecule has 130 valence electrons. The van der Waals surface area contributed by atoms with Crippen LogP contribution in [0.4, 0.5) is 0 Å². The Bertz CT molecular complexity index is 928. The molecule has 3 atom stereocenters. The van der Waals surface area contributed by atoms with E-state index in [4.69, 9.17) is 15.1 Å². The monoisotopic (exact) mass is 354 g/mol. The minimum absolute atomic E-state index is 0.0890. The molecule has 1 fully saturated rings. The van der Waals surface area contributed by atoms with Gasteiger partial charge in [0.05, 0.1) is 16.3 Å². The summed E-state index contributed by atoms with van der Waals surface area (Å²) in [6.07, 6.45) is 0.868. The Hall–Kier alpha value is -1.97. The SMILES string of the molecule is Cc1cc(C)c2c3c(sc2n1)C1(CCN(C)CC1C)C(C#N)C(=N)O3. The summed E-state index contributed by atoms with van der Waals surface area (Å²) in [6, 6.07) is 4.45. The van der Waals surface area contributed by atoms with Crippen molar-refractivity contribution in [3.8, 4) is 11.8 Å². The second-order valence-corrected chi connectivity index (χ2v) is 8.50. The number of hydrogen-bond acceptors (Lipinski definition) is 6. The fourth-order valence-corrected chi connectivity index (χ4v) is 6.22. The van der Waals surface area contributed by atoms with Crippen LogP contribution in [0, 0.1) is 42.4 Å². The Morgan fingerprint density at radius 2 is 2.24 bits per heavy atom. The number of nitriles is 1. The minimum Gasteiger partial charge on any atom is -0.440 e. The third-order valence-electron chi connectivity index (χ3n) is 5.86. The van der Waals surface area contributed by atoms with Gasteiger partial charge in [-0.25, -0.2) is 4.98 Å². The molecular formula is C19H22N4OS. The van der Waals surface area contributed by atoms with Crippen LogP contribution in [0.3, 0.4) is 0 Å². The van der Waals surface area contributed by atoms with Crippen molar-refractivity contribution >= 4 is 27.5 Å². The number of nitrogens with zero attached hydrogens (tertiary/aromatic N) is 3. The lowest BCUT2D eigenvalue weighted by atomic mass is 9.61. The predicted octanol–water partition coefficient (Wildman–Crippen LogP) is 3.63. The highest BCUT2D eigenvalue weighted by molar-refractivity contribution is 7.19. The van der Waals surface area contributed by atoms with Gasteiger partial charge in [0.25, 0.3) is 0 Å². The highest BCUT2D eigenvalue weighted by Crippen LogP contribution is 2.57. The van der Waals surface area contributed by atoms with E-state index in [1.807, 2.05) is 6.92 Å². The third kappa shape index (κ3) is 2.16. The zero-order valence-electron chi connectivity index (χ0n) is 15.0. The molecule has 25 heavy (non-hydrogen) atoms. The second-order valence-electron chi connectivity index (χ2n) is 7.50. The topological polar surface area (TPSA) is 73.0 Å². The van der Waals surface area contributed by atoms with Crippen molar-refractivity contribution in [3.63, 3.8) is 0 Å². The number of aromatic nitrogens is 1. The van der Waals surface area contributed by atoms with Crippen LogP contribution in [0.5, 0.6) is 5.75 Å². The molecule has 0 radical (unpaired) electrons. The maximum absolute atomic E-state index is 9.87. The molecule has 2 aliphatic rings. The van der Waals surface area contributed by atoms with Crippen LogP contribution in [-0.2, 0) is 5.41 Å². The summed E-state index contributed by atoms with van der Waals surface area (Å²) < 4.78 is 5.93. The van der Waals surface area contributed by atoms with Crippen molar-refractivity contribution in [1.29, 1.82) is 10.7 Å². The van der Waals surface area contributed by atoms with E-state index >= 15 is 0 Å². The lowest BCUT2D eigenvalue weighted by molar-refractivity contribution is 0.0983. The number of nitrogens with one attached hydrogen (secondary N) is 1. The van der Waals surface area contributed by atoms with Crippen LogP contribution >= 0.6 is 11.3 Å². The maximum atomic E-state index is 9.87. The molecule has 3 unspecified atom stereocenters. The fourth-order valence-electron chi connectivity index (χ4n) is 4.63. The van der Waals surface area contributed by atoms with Gasteiger partial charge in [0.2, 0.25) is 5.90 Å². The lowest BCUT2D eigenvalue weighted by Crippen LogP contribution is -2.55. The van der Waals surface area contributed by atoms with Crippen molar-refractivity contribution < 1.29 is 4.74 Å². The van der Waals surface area contributed by atoms with Gasteiger partial charge in [-0.15, -0.1) is 11.3 Å². The van der Waals surface area contributed by atoms with Crippen molar-refractivity contribution in [2.45, 2.75) is 32.6 Å². The van der Waals surface area contributed by atoms with Crippen LogP contribution in [0.15, 0.2) is 6.07 Å². The summed E-state index contributed by atoms with van der Waals surface area (Å²) in [6.45, 7) is 8.12. The number of hydrogen-bond donors (Lipinski definition) is 1. The largest absolute Gasteiger partial charge is 0.440 e. The van der Waals surface area contributed by atoms with Crippen LogP contribution in [0.25, 0.3) is 10.2 Å². The van der Waals surface area contributed by atoms with Gasteiger partial charge in [-0.2, -0.15) is 5.26 Å². The molecule has 2 aromatic heterocycles. The normalized spacial score (nSPS) is 29.5. The number of aryl methyl sites for hydroxylation is 2. The Labute approximate surface area is 151 Å². The van der Waals surface area contributed by atoms with E-state index in [2.05, 4.69) is 37.9 Å². The Morgan fingerprint density at radius 1 is 1.48 bits per heavy atom. The first-order chi connectivity index (χ1) is 11.9. The molecule has 6 heteroatoms. The standard InChI is InChI=1S/C19H22N4OS/c1-10-7-12(3)22-18-14(10)15-16(25-18)19(13(8-20)17(21)24-15)5-6-23(4)9-11(19)2/h7,11,13,21H,5-6,9H2,1-4H3. The molecule has 1 saturated heterocycles. The van der Waals surface area contributed by atoms with E-state index in [-0.39, 0.29) is 17.2 Å². The quantitative estimate of drug-likeness (QED) is 0.784. The highest BCUT2D eigenvalue weighted by atomic mass is 32.1. The molecule has 0 saturated carbocycles. The smallest absolute Gasteiger partial charge is 0.205 e. The molecule has 0 aliphatic carbocycles. The van der Waals surface area contributed by atoms with E-state index in [1.54, 1.807) is 11.3 Å². The first-order valence-electron chi connectivity index (χ1n) is 8.64. The number of fused-ring (bicyclic) bond motifs is 4. The number of likely N-dealkylation sites (tertiary alicyclic amines) is 1. The Kier molecular flexibility index (Phi) is 3.64. The zero-order chi connectivity index (χ0) is 17.9. The van der Waals surface area contributed by atoms with Gasteiger partial charge in [-0.1, -0.05) is 6.92 Å². The van der Waals surface area contributed by atoms with E-state index in [0.29, 0.717) is 0 Å². The lowest BCUT2D eigenvalue weighted by Gasteiger charge is -2.49. The summed E-state index contributed by atoms with van der Waals surface area (Å²) in [4.78, 5) is 9.09. The fraction of sp³-hybridized carbons (Fsp3) is 0.526. The molecule has 5 nitrogen and oxygen atoms in total. The summed E-state index contributed by atoms with van der Waals surface area (Å²) in [7, 11) is 2.12. The molecule has 4 rings (SSSR count). The number of rotatable bonds is 0. The van der Waals surface area contributed by atoms with Crippen molar-refractivity contribution in [1.82, 2.24) is 9.88 Å². The molecule has 2 aliphatic heterocycles. The molecule has 1 N–H and O–H groups in total. The van der Waals surface area contributed by atoms with Gasteiger partial charge >= 0.3 is 0 Å². The van der Waals surface area contributed by atoms with Crippen LogP contribution in [0.2, 0.25) is 0 Å². The number of ether oxygens (including phenoxy) is 1. The molecule has 4 heterocycles. The van der Waals surface area contributed by atoms with Gasteiger partial charge in [-0.3, -0.25) is 5.41 Å². The highest BCUT2D eigenvalue weighted by Gasteiger charge is 2.55. The van der Waals surface area contributed by atoms with Crippen molar-refractivity contribution in [2.75, 3.05) is 20.1 Å². The Morgan fingerprint density at radius 3 is 2.92 bits per heavy atom. The second kappa shape index (κ2) is 5.52.